The Morgan fingerprint density at radius 2 is 1.43 bits per heavy atom. The maximum atomic E-state index is 12.3. The number of unbranched alkanes of at least 4 members (excludes halogenated alkanes) is 7. The first-order chi connectivity index (χ1) is 10.2. The monoisotopic (exact) mass is 312 g/mol. The molecule has 0 aliphatic carbocycles. The van der Waals surface area contributed by atoms with E-state index >= 15 is 0 Å². The van der Waals surface area contributed by atoms with Crippen molar-refractivity contribution in [2.24, 2.45) is 5.92 Å². The molecule has 0 aromatic carbocycles. The largest absolute Gasteiger partial charge is 0.299 e. The van der Waals surface area contributed by atoms with Crippen molar-refractivity contribution in [3.8, 4) is 0 Å². The zero-order valence-corrected chi connectivity index (χ0v) is 14.5. The molecular weight excluding hydrogens is 280 g/mol. The highest BCUT2D eigenvalue weighted by Gasteiger charge is 2.42. The standard InChI is InChI=1S/C18H32O2S/c1-2-3-4-5-6-7-8-9-10-18(19)15-13-16-11-12-17(14-15)21(16)20/h15-17H,2-14H2,1H3. The van der Waals surface area contributed by atoms with E-state index in [9.17, 15) is 9.00 Å². The molecule has 122 valence electrons. The Hall–Kier alpha value is -0.180. The number of carbonyl (C=O) groups excluding carboxylic acids is 1. The van der Waals surface area contributed by atoms with Crippen LogP contribution in [-0.4, -0.2) is 20.5 Å². The summed E-state index contributed by atoms with van der Waals surface area (Å²) < 4.78 is 12.0. The fraction of sp³-hybridized carbons (Fsp3) is 0.944. The molecule has 3 heteroatoms. The van der Waals surface area contributed by atoms with Crippen LogP contribution in [0.2, 0.25) is 0 Å². The highest BCUT2D eigenvalue weighted by molar-refractivity contribution is 7.86. The zero-order chi connectivity index (χ0) is 15.1. The lowest BCUT2D eigenvalue weighted by Gasteiger charge is -2.26. The number of hydrogen-bond acceptors (Lipinski definition) is 2. The summed E-state index contributed by atoms with van der Waals surface area (Å²) >= 11 is 0. The van der Waals surface area contributed by atoms with Crippen LogP contribution in [0, 0.1) is 5.92 Å². The number of ketones is 1. The van der Waals surface area contributed by atoms with Crippen molar-refractivity contribution in [2.75, 3.05) is 0 Å². The van der Waals surface area contributed by atoms with Crippen molar-refractivity contribution in [3.63, 3.8) is 0 Å². The van der Waals surface area contributed by atoms with E-state index in [2.05, 4.69) is 6.92 Å². The molecule has 2 aliphatic heterocycles. The molecule has 2 atom stereocenters. The first-order valence-corrected chi connectivity index (χ1v) is 10.4. The van der Waals surface area contributed by atoms with Crippen LogP contribution >= 0.6 is 0 Å². The van der Waals surface area contributed by atoms with E-state index in [0.717, 1.165) is 38.5 Å². The Morgan fingerprint density at radius 3 is 2.00 bits per heavy atom. The molecule has 0 amide bonds. The molecule has 2 fully saturated rings. The molecule has 2 heterocycles. The predicted molar refractivity (Wildman–Crippen MR) is 89.9 cm³/mol. The van der Waals surface area contributed by atoms with Crippen LogP contribution < -0.4 is 0 Å². The van der Waals surface area contributed by atoms with E-state index in [1.54, 1.807) is 0 Å². The average molecular weight is 313 g/mol. The van der Waals surface area contributed by atoms with E-state index in [0.29, 0.717) is 16.3 Å². The third-order valence-corrected chi connectivity index (χ3v) is 7.47. The highest BCUT2D eigenvalue weighted by Crippen LogP contribution is 2.39. The molecule has 2 rings (SSSR count). The number of rotatable bonds is 10. The van der Waals surface area contributed by atoms with Gasteiger partial charge in [-0.2, -0.15) is 0 Å². The maximum Gasteiger partial charge on any atom is 0.136 e. The minimum atomic E-state index is -0.621. The number of fused-ring (bicyclic) bond motifs is 2. The van der Waals surface area contributed by atoms with Crippen molar-refractivity contribution in [3.05, 3.63) is 0 Å². The summed E-state index contributed by atoms with van der Waals surface area (Å²) in [7, 11) is -0.621. The first-order valence-electron chi connectivity index (χ1n) is 9.14. The summed E-state index contributed by atoms with van der Waals surface area (Å²) in [4.78, 5) is 12.3. The highest BCUT2D eigenvalue weighted by atomic mass is 32.2. The molecule has 2 saturated heterocycles. The quantitative estimate of drug-likeness (QED) is 0.544. The molecule has 0 spiro atoms. The molecule has 0 N–H and O–H groups in total. The molecule has 0 radical (unpaired) electrons. The van der Waals surface area contributed by atoms with Crippen molar-refractivity contribution in [2.45, 2.75) is 101 Å². The summed E-state index contributed by atoms with van der Waals surface area (Å²) in [6.07, 6.45) is 15.1. The minimum Gasteiger partial charge on any atom is -0.299 e. The van der Waals surface area contributed by atoms with Gasteiger partial charge in [0.2, 0.25) is 0 Å². The Labute approximate surface area is 132 Å². The molecule has 0 aromatic heterocycles. The van der Waals surface area contributed by atoms with Crippen LogP contribution in [0.15, 0.2) is 0 Å². The Balaban J connectivity index is 1.53. The van der Waals surface area contributed by atoms with Crippen LogP contribution in [0.4, 0.5) is 0 Å². The summed E-state index contributed by atoms with van der Waals surface area (Å²) in [5.41, 5.74) is 0. The topological polar surface area (TPSA) is 34.1 Å². The van der Waals surface area contributed by atoms with Crippen LogP contribution in [0.5, 0.6) is 0 Å². The van der Waals surface area contributed by atoms with Crippen molar-refractivity contribution in [1.82, 2.24) is 0 Å². The lowest BCUT2D eigenvalue weighted by Crippen LogP contribution is -2.32. The van der Waals surface area contributed by atoms with E-state index in [-0.39, 0.29) is 5.92 Å². The summed E-state index contributed by atoms with van der Waals surface area (Å²) in [6.45, 7) is 2.25. The molecule has 2 unspecified atom stereocenters. The molecule has 21 heavy (non-hydrogen) atoms. The number of Topliss-reactive ketones (excluding diaryl/α,β-unsaturated/α-hetero) is 1. The van der Waals surface area contributed by atoms with E-state index < -0.39 is 10.8 Å². The van der Waals surface area contributed by atoms with Gasteiger partial charge in [-0.05, 0) is 32.1 Å². The Morgan fingerprint density at radius 1 is 0.905 bits per heavy atom. The molecule has 2 aliphatic rings. The second kappa shape index (κ2) is 9.07. The van der Waals surface area contributed by atoms with Gasteiger partial charge in [-0.15, -0.1) is 0 Å². The molecule has 0 saturated carbocycles. The van der Waals surface area contributed by atoms with Gasteiger partial charge in [-0.1, -0.05) is 51.9 Å². The Bertz CT molecular complexity index is 337. The average Bonchev–Trinajstić information content (AvgIpc) is 2.71. The molecule has 2 bridgehead atoms. The number of carbonyl (C=O) groups is 1. The van der Waals surface area contributed by atoms with E-state index in [4.69, 9.17) is 0 Å². The van der Waals surface area contributed by atoms with Gasteiger partial charge in [0.1, 0.15) is 5.78 Å². The third kappa shape index (κ3) is 5.19. The summed E-state index contributed by atoms with van der Waals surface area (Å²) in [6, 6.07) is 0. The maximum absolute atomic E-state index is 12.3. The summed E-state index contributed by atoms with van der Waals surface area (Å²) in [5.74, 6) is 0.708. The van der Waals surface area contributed by atoms with E-state index in [1.165, 1.54) is 44.9 Å². The SMILES string of the molecule is CCCCCCCCCCC(=O)C1CC2CCC(C1)S2=O. The fourth-order valence-electron chi connectivity index (χ4n) is 3.93. The van der Waals surface area contributed by atoms with E-state index in [1.807, 2.05) is 0 Å². The zero-order valence-electron chi connectivity index (χ0n) is 13.6. The van der Waals surface area contributed by atoms with Gasteiger partial charge in [-0.3, -0.25) is 9.00 Å². The van der Waals surface area contributed by atoms with Gasteiger partial charge in [0.25, 0.3) is 0 Å². The minimum absolute atomic E-state index is 0.241. The van der Waals surface area contributed by atoms with Crippen LogP contribution in [0.1, 0.15) is 90.4 Å². The first kappa shape index (κ1) is 17.2. The second-order valence-electron chi connectivity index (χ2n) is 7.01. The lowest BCUT2D eigenvalue weighted by molar-refractivity contribution is -0.123. The van der Waals surface area contributed by atoms with Crippen molar-refractivity contribution < 1.29 is 9.00 Å². The van der Waals surface area contributed by atoms with Gasteiger partial charge >= 0.3 is 0 Å². The third-order valence-electron chi connectivity index (χ3n) is 5.29. The number of hydrogen-bond donors (Lipinski definition) is 0. The van der Waals surface area contributed by atoms with Crippen molar-refractivity contribution in [1.29, 1.82) is 0 Å². The van der Waals surface area contributed by atoms with Crippen LogP contribution in [0.25, 0.3) is 0 Å². The normalized spacial score (nSPS) is 31.5. The predicted octanol–water partition coefficient (Wildman–Crippen LogP) is 4.78. The molecule has 0 aromatic rings. The van der Waals surface area contributed by atoms with Crippen molar-refractivity contribution >= 4 is 16.6 Å². The second-order valence-corrected chi connectivity index (χ2v) is 9.00. The van der Waals surface area contributed by atoms with Crippen LogP contribution in [-0.2, 0) is 15.6 Å². The molecular formula is C18H32O2S. The van der Waals surface area contributed by atoms with Gasteiger partial charge in [0.05, 0.1) is 0 Å². The smallest absolute Gasteiger partial charge is 0.136 e. The van der Waals surface area contributed by atoms with Gasteiger partial charge in [0.15, 0.2) is 0 Å². The fourth-order valence-corrected chi connectivity index (χ4v) is 6.06. The van der Waals surface area contributed by atoms with Gasteiger partial charge < -0.3 is 0 Å². The lowest BCUT2D eigenvalue weighted by atomic mass is 9.91. The van der Waals surface area contributed by atoms with Crippen LogP contribution in [0.3, 0.4) is 0 Å². The Kier molecular flexibility index (Phi) is 7.42. The van der Waals surface area contributed by atoms with Gasteiger partial charge in [0, 0.05) is 33.6 Å². The van der Waals surface area contributed by atoms with Gasteiger partial charge in [-0.25, -0.2) is 0 Å². The summed E-state index contributed by atoms with van der Waals surface area (Å²) in [5, 5.41) is 0.688. The molecule has 2 nitrogen and oxygen atoms in total.